The van der Waals surface area contributed by atoms with Crippen LogP contribution in [0.5, 0.6) is 0 Å². The molecule has 0 bridgehead atoms. The molecule has 2 aliphatic heterocycles. The maximum absolute atomic E-state index is 13.0. The first-order valence-electron chi connectivity index (χ1n) is 8.63. The standard InChI is InChI=1S/C20H19ClN4O2/c1-13-3-8-17(11-14(13)2)23-9-10-24-18(19(23)26)22-25(20(24)27)12-15-4-6-16(21)7-5-15/h3-11,18,22H,12H2,1-2H3. The number of halogens is 1. The van der Waals surface area contributed by atoms with Gasteiger partial charge in [-0.25, -0.2) is 4.79 Å². The number of rotatable bonds is 3. The highest BCUT2D eigenvalue weighted by Gasteiger charge is 2.44. The molecule has 1 saturated heterocycles. The first-order chi connectivity index (χ1) is 12.9. The average molecular weight is 383 g/mol. The van der Waals surface area contributed by atoms with Crippen LogP contribution in [0.25, 0.3) is 0 Å². The van der Waals surface area contributed by atoms with Crippen LogP contribution in [0, 0.1) is 13.8 Å². The predicted octanol–water partition coefficient (Wildman–Crippen LogP) is 3.54. The maximum atomic E-state index is 13.0. The number of carbonyl (C=O) groups is 2. The normalized spacial score (nSPS) is 19.1. The molecule has 0 radical (unpaired) electrons. The largest absolute Gasteiger partial charge is 0.340 e. The van der Waals surface area contributed by atoms with Gasteiger partial charge in [-0.05, 0) is 54.8 Å². The summed E-state index contributed by atoms with van der Waals surface area (Å²) in [6, 6.07) is 12.9. The van der Waals surface area contributed by atoms with Crippen molar-refractivity contribution in [1.82, 2.24) is 15.3 Å². The van der Waals surface area contributed by atoms with Gasteiger partial charge in [-0.1, -0.05) is 29.8 Å². The summed E-state index contributed by atoms with van der Waals surface area (Å²) in [7, 11) is 0. The molecule has 4 rings (SSSR count). The molecule has 1 fully saturated rings. The van der Waals surface area contributed by atoms with Crippen molar-refractivity contribution in [3.63, 3.8) is 0 Å². The van der Waals surface area contributed by atoms with Crippen LogP contribution in [0.2, 0.25) is 5.02 Å². The van der Waals surface area contributed by atoms with Gasteiger partial charge >= 0.3 is 6.03 Å². The number of hydrogen-bond donors (Lipinski definition) is 1. The fraction of sp³-hybridized carbons (Fsp3) is 0.200. The first-order valence-corrected chi connectivity index (χ1v) is 9.01. The number of anilines is 1. The molecule has 1 atom stereocenters. The van der Waals surface area contributed by atoms with E-state index in [4.69, 9.17) is 11.6 Å². The second-order valence-electron chi connectivity index (χ2n) is 6.71. The molecule has 2 aromatic carbocycles. The van der Waals surface area contributed by atoms with Crippen molar-refractivity contribution in [2.75, 3.05) is 4.90 Å². The van der Waals surface area contributed by atoms with Gasteiger partial charge in [-0.3, -0.25) is 19.6 Å². The number of benzene rings is 2. The molecule has 7 heteroatoms. The SMILES string of the molecule is Cc1ccc(N2C=CN3C(=O)N(Cc4ccc(Cl)cc4)NC3C2=O)cc1C. The van der Waals surface area contributed by atoms with Crippen molar-refractivity contribution in [3.8, 4) is 0 Å². The second kappa shape index (κ2) is 6.72. The lowest BCUT2D eigenvalue weighted by molar-refractivity contribution is -0.122. The van der Waals surface area contributed by atoms with Crippen LogP contribution >= 0.6 is 11.6 Å². The number of fused-ring (bicyclic) bond motifs is 1. The number of nitrogens with zero attached hydrogens (tertiary/aromatic N) is 3. The molecular formula is C20H19ClN4O2. The maximum Gasteiger partial charge on any atom is 0.340 e. The van der Waals surface area contributed by atoms with Crippen LogP contribution in [-0.2, 0) is 11.3 Å². The molecule has 1 unspecified atom stereocenters. The van der Waals surface area contributed by atoms with Crippen LogP contribution in [0.3, 0.4) is 0 Å². The Kier molecular flexibility index (Phi) is 4.37. The third kappa shape index (κ3) is 3.18. The van der Waals surface area contributed by atoms with E-state index in [-0.39, 0.29) is 11.9 Å². The zero-order valence-corrected chi connectivity index (χ0v) is 15.8. The van der Waals surface area contributed by atoms with E-state index >= 15 is 0 Å². The van der Waals surface area contributed by atoms with Crippen LogP contribution in [0.1, 0.15) is 16.7 Å². The Morgan fingerprint density at radius 3 is 2.44 bits per heavy atom. The summed E-state index contributed by atoms with van der Waals surface area (Å²) in [6.07, 6.45) is 2.52. The van der Waals surface area contributed by atoms with Gasteiger partial charge in [-0.2, -0.15) is 5.43 Å². The van der Waals surface area contributed by atoms with Crippen LogP contribution in [-0.4, -0.2) is 28.0 Å². The van der Waals surface area contributed by atoms with Crippen molar-refractivity contribution in [3.05, 3.63) is 76.6 Å². The molecule has 0 spiro atoms. The first kappa shape index (κ1) is 17.6. The average Bonchev–Trinajstić information content (AvgIpc) is 2.97. The van der Waals surface area contributed by atoms with Crippen LogP contribution < -0.4 is 10.3 Å². The van der Waals surface area contributed by atoms with E-state index in [1.807, 2.05) is 44.2 Å². The van der Waals surface area contributed by atoms with E-state index in [0.717, 1.165) is 22.4 Å². The molecule has 2 aliphatic rings. The van der Waals surface area contributed by atoms with Crippen molar-refractivity contribution >= 4 is 29.2 Å². The summed E-state index contributed by atoms with van der Waals surface area (Å²) in [4.78, 5) is 28.6. The zero-order chi connectivity index (χ0) is 19.1. The molecule has 0 aromatic heterocycles. The fourth-order valence-electron chi connectivity index (χ4n) is 3.16. The van der Waals surface area contributed by atoms with Crippen LogP contribution in [0.15, 0.2) is 54.9 Å². The number of aryl methyl sites for hydroxylation is 2. The minimum Gasteiger partial charge on any atom is -0.283 e. The summed E-state index contributed by atoms with van der Waals surface area (Å²) in [6.45, 7) is 4.38. The fourth-order valence-corrected chi connectivity index (χ4v) is 3.28. The Bertz CT molecular complexity index is 941. The Hall–Kier alpha value is -2.83. The summed E-state index contributed by atoms with van der Waals surface area (Å²) < 4.78 is 0. The molecule has 6 nitrogen and oxygen atoms in total. The van der Waals surface area contributed by atoms with Gasteiger partial charge in [0, 0.05) is 23.1 Å². The van der Waals surface area contributed by atoms with Crippen molar-refractivity contribution < 1.29 is 9.59 Å². The lowest BCUT2D eigenvalue weighted by Crippen LogP contribution is -2.51. The Labute approximate surface area is 162 Å². The van der Waals surface area contributed by atoms with Gasteiger partial charge in [0.25, 0.3) is 5.91 Å². The molecule has 1 N–H and O–H groups in total. The van der Waals surface area contributed by atoms with Crippen molar-refractivity contribution in [2.45, 2.75) is 26.6 Å². The number of nitrogens with one attached hydrogen (secondary N) is 1. The highest BCUT2D eigenvalue weighted by atomic mass is 35.5. The lowest BCUT2D eigenvalue weighted by Gasteiger charge is -2.29. The number of carbonyl (C=O) groups excluding carboxylic acids is 2. The lowest BCUT2D eigenvalue weighted by atomic mass is 10.1. The van der Waals surface area contributed by atoms with E-state index in [1.165, 1.54) is 9.91 Å². The predicted molar refractivity (Wildman–Crippen MR) is 104 cm³/mol. The summed E-state index contributed by atoms with van der Waals surface area (Å²) >= 11 is 5.91. The smallest absolute Gasteiger partial charge is 0.283 e. The minimum atomic E-state index is -0.753. The van der Waals surface area contributed by atoms with Crippen LogP contribution in [0.4, 0.5) is 10.5 Å². The van der Waals surface area contributed by atoms with Crippen molar-refractivity contribution in [2.24, 2.45) is 0 Å². The molecule has 0 aliphatic carbocycles. The van der Waals surface area contributed by atoms with Gasteiger partial charge in [0.1, 0.15) is 0 Å². The molecular weight excluding hydrogens is 364 g/mol. The van der Waals surface area contributed by atoms with Crippen molar-refractivity contribution in [1.29, 1.82) is 0 Å². The number of amides is 3. The highest BCUT2D eigenvalue weighted by Crippen LogP contribution is 2.26. The van der Waals surface area contributed by atoms with Gasteiger partial charge in [0.15, 0.2) is 6.17 Å². The number of hydrogen-bond acceptors (Lipinski definition) is 3. The molecule has 3 amide bonds. The topological polar surface area (TPSA) is 55.9 Å². The molecule has 2 heterocycles. The summed E-state index contributed by atoms with van der Waals surface area (Å²) in [5, 5.41) is 2.08. The molecule has 2 aromatic rings. The Morgan fingerprint density at radius 1 is 1.00 bits per heavy atom. The third-order valence-corrected chi connectivity index (χ3v) is 5.13. The van der Waals surface area contributed by atoms with E-state index in [0.29, 0.717) is 11.6 Å². The van der Waals surface area contributed by atoms with E-state index in [2.05, 4.69) is 5.43 Å². The van der Waals surface area contributed by atoms with E-state index in [1.54, 1.807) is 29.4 Å². The molecule has 0 saturated carbocycles. The van der Waals surface area contributed by atoms with E-state index < -0.39 is 6.17 Å². The summed E-state index contributed by atoms with van der Waals surface area (Å²) in [5.41, 5.74) is 6.99. The van der Waals surface area contributed by atoms with Gasteiger partial charge in [-0.15, -0.1) is 0 Å². The van der Waals surface area contributed by atoms with Gasteiger partial charge in [0.2, 0.25) is 0 Å². The van der Waals surface area contributed by atoms with Gasteiger partial charge in [0.05, 0.1) is 6.54 Å². The molecule has 27 heavy (non-hydrogen) atoms. The third-order valence-electron chi connectivity index (χ3n) is 4.88. The Balaban J connectivity index is 1.54. The zero-order valence-electron chi connectivity index (χ0n) is 15.0. The second-order valence-corrected chi connectivity index (χ2v) is 7.15. The molecule has 138 valence electrons. The quantitative estimate of drug-likeness (QED) is 0.883. The van der Waals surface area contributed by atoms with Gasteiger partial charge < -0.3 is 0 Å². The summed E-state index contributed by atoms with van der Waals surface area (Å²) in [5.74, 6) is -0.201. The number of hydrazine groups is 1. The highest BCUT2D eigenvalue weighted by molar-refractivity contribution is 6.30. The monoisotopic (exact) mass is 382 g/mol. The van der Waals surface area contributed by atoms with E-state index in [9.17, 15) is 9.59 Å². The number of urea groups is 1. The minimum absolute atomic E-state index is 0.201. The Morgan fingerprint density at radius 2 is 1.74 bits per heavy atom.